The Morgan fingerprint density at radius 2 is 1.90 bits per heavy atom. The molecule has 1 heterocycles. The van der Waals surface area contributed by atoms with Crippen LogP contribution in [0.25, 0.3) is 0 Å². The van der Waals surface area contributed by atoms with Crippen molar-refractivity contribution in [2.75, 3.05) is 6.54 Å². The molecule has 158 valence electrons. The molecule has 2 aromatic rings. The number of aromatic amines is 1. The van der Waals surface area contributed by atoms with E-state index >= 15 is 0 Å². The number of aliphatic carboxylic acids is 1. The molecule has 0 atom stereocenters. The number of carbonyl (C=O) groups excluding carboxylic acids is 2. The number of ether oxygens (including phenoxy) is 1. The Morgan fingerprint density at radius 1 is 1.17 bits per heavy atom. The average molecular weight is 416 g/mol. The van der Waals surface area contributed by atoms with Gasteiger partial charge in [-0.1, -0.05) is 36.4 Å². The molecule has 0 aliphatic rings. The van der Waals surface area contributed by atoms with E-state index in [9.17, 15) is 24.0 Å². The molecule has 0 saturated heterocycles. The maximum Gasteiger partial charge on any atom is 0.411 e. The Labute approximate surface area is 170 Å². The molecule has 0 bridgehead atoms. The summed E-state index contributed by atoms with van der Waals surface area (Å²) in [4.78, 5) is 59.5. The van der Waals surface area contributed by atoms with Gasteiger partial charge < -0.3 is 15.2 Å². The van der Waals surface area contributed by atoms with E-state index in [4.69, 9.17) is 9.84 Å². The molecule has 0 radical (unpaired) electrons. The lowest BCUT2D eigenvalue weighted by molar-refractivity contribution is -0.138. The Balaban J connectivity index is 1.88. The maximum atomic E-state index is 11.9. The first kappa shape index (κ1) is 22.1. The maximum absolute atomic E-state index is 11.9. The average Bonchev–Trinajstić information content (AvgIpc) is 2.71. The zero-order chi connectivity index (χ0) is 21.9. The van der Waals surface area contributed by atoms with Crippen molar-refractivity contribution in [3.05, 3.63) is 80.8 Å². The van der Waals surface area contributed by atoms with E-state index < -0.39 is 42.3 Å². The molecule has 30 heavy (non-hydrogen) atoms. The minimum Gasteiger partial charge on any atom is -0.480 e. The van der Waals surface area contributed by atoms with Crippen LogP contribution in [0.1, 0.15) is 11.1 Å². The highest BCUT2D eigenvalue weighted by Gasteiger charge is 2.09. The second kappa shape index (κ2) is 11.0. The van der Waals surface area contributed by atoms with Crippen molar-refractivity contribution in [1.82, 2.24) is 20.2 Å². The molecule has 0 aliphatic heterocycles. The van der Waals surface area contributed by atoms with Crippen LogP contribution >= 0.6 is 0 Å². The summed E-state index contributed by atoms with van der Waals surface area (Å²) in [6, 6.07) is 9.12. The van der Waals surface area contributed by atoms with Gasteiger partial charge in [0.25, 0.3) is 5.56 Å². The number of hydrogen-bond acceptors (Lipinski definition) is 6. The van der Waals surface area contributed by atoms with Crippen LogP contribution in [-0.4, -0.2) is 39.2 Å². The van der Waals surface area contributed by atoms with Gasteiger partial charge in [0, 0.05) is 18.0 Å². The molecule has 4 N–H and O–H groups in total. The smallest absolute Gasteiger partial charge is 0.411 e. The van der Waals surface area contributed by atoms with Crippen LogP contribution in [0.3, 0.4) is 0 Å². The molecule has 1 aromatic heterocycles. The molecule has 2 amide bonds. The van der Waals surface area contributed by atoms with Gasteiger partial charge in [0.15, 0.2) is 0 Å². The highest BCUT2D eigenvalue weighted by atomic mass is 16.5. The number of rotatable bonds is 9. The van der Waals surface area contributed by atoms with Gasteiger partial charge in [0.05, 0.1) is 0 Å². The minimum atomic E-state index is -1.22. The molecule has 0 aliphatic carbocycles. The number of alkyl carbamates (subject to hydrolysis) is 1. The SMILES string of the molecule is O=C(O)CNC(=O)Cn1cc(CC=CNC(=O)OCc2ccccc2)c(=O)[nH]c1=O. The van der Waals surface area contributed by atoms with Crippen molar-refractivity contribution in [2.24, 2.45) is 0 Å². The van der Waals surface area contributed by atoms with Crippen molar-refractivity contribution in [3.8, 4) is 0 Å². The fourth-order valence-electron chi connectivity index (χ4n) is 2.28. The number of nitrogens with zero attached hydrogens (tertiary/aromatic N) is 1. The summed E-state index contributed by atoms with van der Waals surface area (Å²) < 4.78 is 5.97. The van der Waals surface area contributed by atoms with Crippen LogP contribution in [0.4, 0.5) is 4.79 Å². The summed E-state index contributed by atoms with van der Waals surface area (Å²) in [5.74, 6) is -1.92. The van der Waals surface area contributed by atoms with Crippen molar-refractivity contribution in [3.63, 3.8) is 0 Å². The molecule has 0 spiro atoms. The summed E-state index contributed by atoms with van der Waals surface area (Å²) >= 11 is 0. The van der Waals surface area contributed by atoms with Crippen LogP contribution < -0.4 is 21.9 Å². The van der Waals surface area contributed by atoms with E-state index in [1.54, 1.807) is 0 Å². The first-order chi connectivity index (χ1) is 14.3. The van der Waals surface area contributed by atoms with Crippen LogP contribution in [0.5, 0.6) is 0 Å². The van der Waals surface area contributed by atoms with Crippen molar-refractivity contribution >= 4 is 18.0 Å². The van der Waals surface area contributed by atoms with Gasteiger partial charge in [-0.2, -0.15) is 0 Å². The van der Waals surface area contributed by atoms with E-state index in [0.717, 1.165) is 10.1 Å². The van der Waals surface area contributed by atoms with E-state index in [1.807, 2.05) is 30.3 Å². The molecular formula is C19H20N4O7. The third-order valence-corrected chi connectivity index (χ3v) is 3.70. The number of nitrogens with one attached hydrogen (secondary N) is 3. The fourth-order valence-corrected chi connectivity index (χ4v) is 2.28. The molecule has 2 rings (SSSR count). The first-order valence-corrected chi connectivity index (χ1v) is 8.78. The monoisotopic (exact) mass is 416 g/mol. The molecule has 0 unspecified atom stereocenters. The molecule has 1 aromatic carbocycles. The second-order valence-electron chi connectivity index (χ2n) is 6.02. The highest BCUT2D eigenvalue weighted by Crippen LogP contribution is 2.00. The van der Waals surface area contributed by atoms with Crippen LogP contribution in [-0.2, 0) is 33.9 Å². The zero-order valence-electron chi connectivity index (χ0n) is 15.8. The standard InChI is InChI=1S/C19H20N4O7/c24-15(21-9-16(25)26)11-23-10-14(17(27)22-18(23)28)7-4-8-20-19(29)30-12-13-5-2-1-3-6-13/h1-6,8,10H,7,9,11-12H2,(H,20,29)(H,21,24)(H,25,26)(H,22,27,28). The Bertz CT molecular complexity index is 1040. The lowest BCUT2D eigenvalue weighted by atomic mass is 10.2. The molecular weight excluding hydrogens is 396 g/mol. The van der Waals surface area contributed by atoms with Gasteiger partial charge >= 0.3 is 17.8 Å². The molecule has 11 nitrogen and oxygen atoms in total. The lowest BCUT2D eigenvalue weighted by Gasteiger charge is -2.07. The van der Waals surface area contributed by atoms with Crippen LogP contribution in [0.15, 0.2) is 58.4 Å². The largest absolute Gasteiger partial charge is 0.480 e. The number of H-pyrrole nitrogens is 1. The zero-order valence-corrected chi connectivity index (χ0v) is 15.8. The first-order valence-electron chi connectivity index (χ1n) is 8.78. The van der Waals surface area contributed by atoms with Gasteiger partial charge in [-0.15, -0.1) is 0 Å². The summed E-state index contributed by atoms with van der Waals surface area (Å²) in [7, 11) is 0. The van der Waals surface area contributed by atoms with Gasteiger partial charge in [-0.05, 0) is 12.0 Å². The molecule has 0 fully saturated rings. The van der Waals surface area contributed by atoms with E-state index in [-0.39, 0.29) is 18.6 Å². The van der Waals surface area contributed by atoms with Gasteiger partial charge in [-0.25, -0.2) is 9.59 Å². The number of benzene rings is 1. The number of carboxylic acid groups (broad SMARTS) is 1. The van der Waals surface area contributed by atoms with Crippen molar-refractivity contribution < 1.29 is 24.2 Å². The predicted molar refractivity (Wildman–Crippen MR) is 105 cm³/mol. The van der Waals surface area contributed by atoms with Gasteiger partial charge in [0.1, 0.15) is 19.7 Å². The summed E-state index contributed by atoms with van der Waals surface area (Å²) in [5, 5.41) is 13.0. The summed E-state index contributed by atoms with van der Waals surface area (Å²) in [6.45, 7) is -0.933. The third kappa shape index (κ3) is 7.46. The lowest BCUT2D eigenvalue weighted by Crippen LogP contribution is -2.38. The molecule has 0 saturated carbocycles. The Morgan fingerprint density at radius 3 is 2.60 bits per heavy atom. The number of allylic oxidation sites excluding steroid dienone is 1. The van der Waals surface area contributed by atoms with E-state index in [2.05, 4.69) is 15.6 Å². The third-order valence-electron chi connectivity index (χ3n) is 3.70. The summed E-state index contributed by atoms with van der Waals surface area (Å²) in [5.41, 5.74) is -0.450. The fraction of sp³-hybridized carbons (Fsp3) is 0.211. The van der Waals surface area contributed by atoms with Crippen LogP contribution in [0.2, 0.25) is 0 Å². The van der Waals surface area contributed by atoms with E-state index in [1.165, 1.54) is 18.5 Å². The van der Waals surface area contributed by atoms with E-state index in [0.29, 0.717) is 0 Å². The van der Waals surface area contributed by atoms with Crippen LogP contribution in [0, 0.1) is 0 Å². The number of hydrogen-bond donors (Lipinski definition) is 4. The highest BCUT2D eigenvalue weighted by molar-refractivity contribution is 5.80. The number of amides is 2. The summed E-state index contributed by atoms with van der Waals surface area (Å²) in [6.07, 6.45) is 3.34. The number of aromatic nitrogens is 2. The second-order valence-corrected chi connectivity index (χ2v) is 6.02. The van der Waals surface area contributed by atoms with Crippen molar-refractivity contribution in [1.29, 1.82) is 0 Å². The molecule has 11 heteroatoms. The minimum absolute atomic E-state index is 0.0608. The Kier molecular flexibility index (Phi) is 8.12. The topological polar surface area (TPSA) is 160 Å². The van der Waals surface area contributed by atoms with Gasteiger partial charge in [-0.3, -0.25) is 29.3 Å². The number of carboxylic acids is 1. The number of carbonyl (C=O) groups is 3. The van der Waals surface area contributed by atoms with Crippen molar-refractivity contribution in [2.45, 2.75) is 19.6 Å². The van der Waals surface area contributed by atoms with Gasteiger partial charge in [0.2, 0.25) is 5.91 Å². The quantitative estimate of drug-likeness (QED) is 0.437. The predicted octanol–water partition coefficient (Wildman–Crippen LogP) is -0.280. The normalized spacial score (nSPS) is 10.5. The Hall–Kier alpha value is -4.15.